The van der Waals surface area contributed by atoms with E-state index in [9.17, 15) is 19.7 Å². The molecule has 3 rings (SSSR count). The Bertz CT molecular complexity index is 1200. The predicted molar refractivity (Wildman–Crippen MR) is 122 cm³/mol. The van der Waals surface area contributed by atoms with Gasteiger partial charge in [-0.15, -0.1) is 0 Å². The highest BCUT2D eigenvalue weighted by atomic mass is 16.6. The van der Waals surface area contributed by atoms with Crippen molar-refractivity contribution in [3.63, 3.8) is 0 Å². The number of hydrogen-bond donors (Lipinski definition) is 1. The summed E-state index contributed by atoms with van der Waals surface area (Å²) in [7, 11) is 0. The number of carbonyl (C=O) groups excluding carboxylic acids is 2. The minimum atomic E-state index is -0.959. The Morgan fingerprint density at radius 3 is 2.55 bits per heavy atom. The second kappa shape index (κ2) is 9.76. The van der Waals surface area contributed by atoms with E-state index in [-0.39, 0.29) is 29.8 Å². The maximum atomic E-state index is 13.2. The van der Waals surface area contributed by atoms with Gasteiger partial charge in [0.2, 0.25) is 0 Å². The lowest BCUT2D eigenvalue weighted by Crippen LogP contribution is -2.32. The molecular weight excluding hydrogens is 426 g/mol. The van der Waals surface area contributed by atoms with Crippen molar-refractivity contribution < 1.29 is 19.2 Å². The van der Waals surface area contributed by atoms with Gasteiger partial charge in [0.15, 0.2) is 5.65 Å². The van der Waals surface area contributed by atoms with Crippen LogP contribution in [-0.2, 0) is 9.53 Å². The zero-order valence-electron chi connectivity index (χ0n) is 19.2. The molecule has 0 radical (unpaired) electrons. The predicted octanol–water partition coefficient (Wildman–Crippen LogP) is 4.04. The van der Waals surface area contributed by atoms with Gasteiger partial charge < -0.3 is 10.1 Å². The number of fused-ring (bicyclic) bond motifs is 1. The molecule has 1 atom stereocenters. The minimum absolute atomic E-state index is 0.101. The average Bonchev–Trinajstić information content (AvgIpc) is 3.14. The zero-order chi connectivity index (χ0) is 24.3. The van der Waals surface area contributed by atoms with Gasteiger partial charge in [0.05, 0.1) is 46.5 Å². The Hall–Kier alpha value is -3.82. The lowest BCUT2D eigenvalue weighted by molar-refractivity contribution is -0.385. The zero-order valence-corrected chi connectivity index (χ0v) is 19.2. The third kappa shape index (κ3) is 5.33. The molecule has 10 nitrogen and oxygen atoms in total. The third-order valence-corrected chi connectivity index (χ3v) is 5.05. The van der Waals surface area contributed by atoms with E-state index in [1.54, 1.807) is 43.8 Å². The number of nitro groups is 1. The van der Waals surface area contributed by atoms with Gasteiger partial charge in [0, 0.05) is 17.5 Å². The van der Waals surface area contributed by atoms with Crippen LogP contribution < -0.4 is 5.32 Å². The van der Waals surface area contributed by atoms with Crippen molar-refractivity contribution in [1.82, 2.24) is 20.1 Å². The number of para-hydroxylation sites is 1. The first-order valence-electron chi connectivity index (χ1n) is 10.7. The number of ether oxygens (including phenoxy) is 1. The number of nitrogens with zero attached hydrogens (tertiary/aromatic N) is 4. The number of benzene rings is 1. The smallest absolute Gasteiger partial charge is 0.308 e. The van der Waals surface area contributed by atoms with Crippen molar-refractivity contribution in [3.8, 4) is 0 Å². The average molecular weight is 453 g/mol. The molecule has 1 amide bonds. The minimum Gasteiger partial charge on any atom is -0.463 e. The van der Waals surface area contributed by atoms with Gasteiger partial charge in [0.25, 0.3) is 11.6 Å². The van der Waals surface area contributed by atoms with Gasteiger partial charge in [0.1, 0.15) is 0 Å². The fourth-order valence-corrected chi connectivity index (χ4v) is 3.57. The molecule has 0 aliphatic carbocycles. The molecule has 0 fully saturated rings. The number of nitro benzene ring substituents is 1. The van der Waals surface area contributed by atoms with Crippen molar-refractivity contribution >= 4 is 28.6 Å². The van der Waals surface area contributed by atoms with Crippen LogP contribution in [0.5, 0.6) is 0 Å². The molecule has 3 aromatic rings. The molecule has 2 aromatic heterocycles. The number of pyridine rings is 1. The van der Waals surface area contributed by atoms with Gasteiger partial charge in [-0.3, -0.25) is 19.7 Å². The Balaban J connectivity index is 1.97. The van der Waals surface area contributed by atoms with E-state index in [4.69, 9.17) is 4.74 Å². The fraction of sp³-hybridized carbons (Fsp3) is 0.391. The molecule has 1 N–H and O–H groups in total. The van der Waals surface area contributed by atoms with Crippen LogP contribution in [0, 0.1) is 17.0 Å². The maximum Gasteiger partial charge on any atom is 0.308 e. The second-order valence-electron chi connectivity index (χ2n) is 8.30. The quantitative estimate of drug-likeness (QED) is 0.309. The van der Waals surface area contributed by atoms with Gasteiger partial charge in [-0.25, -0.2) is 9.67 Å². The summed E-state index contributed by atoms with van der Waals surface area (Å²) >= 11 is 0. The summed E-state index contributed by atoms with van der Waals surface area (Å²) in [6.45, 7) is 9.09. The molecule has 0 aliphatic rings. The SMILES string of the molecule is Cc1nc2c(cnn2C(C)C)cc1C(=O)NC(CC(=O)OC(C)C)c1ccccc1[N+](=O)[O-]. The Kier molecular flexibility index (Phi) is 7.05. The first-order chi connectivity index (χ1) is 15.6. The Morgan fingerprint density at radius 2 is 1.91 bits per heavy atom. The third-order valence-electron chi connectivity index (χ3n) is 5.05. The van der Waals surface area contributed by atoms with Crippen LogP contribution in [0.3, 0.4) is 0 Å². The summed E-state index contributed by atoms with van der Waals surface area (Å²) in [4.78, 5) is 41.2. The molecule has 0 saturated heterocycles. The van der Waals surface area contributed by atoms with Crippen molar-refractivity contribution in [1.29, 1.82) is 0 Å². The van der Waals surface area contributed by atoms with Gasteiger partial charge in [-0.05, 0) is 40.7 Å². The molecule has 1 unspecified atom stereocenters. The van der Waals surface area contributed by atoms with Crippen molar-refractivity contribution in [2.45, 2.75) is 59.2 Å². The van der Waals surface area contributed by atoms with Gasteiger partial charge >= 0.3 is 5.97 Å². The van der Waals surface area contributed by atoms with Crippen LogP contribution in [0.1, 0.15) is 67.8 Å². The van der Waals surface area contributed by atoms with Crippen molar-refractivity contribution in [3.05, 3.63) is 63.5 Å². The Labute approximate surface area is 191 Å². The Morgan fingerprint density at radius 1 is 1.21 bits per heavy atom. The molecule has 0 bridgehead atoms. The molecule has 33 heavy (non-hydrogen) atoms. The van der Waals surface area contributed by atoms with E-state index >= 15 is 0 Å². The number of carbonyl (C=O) groups is 2. The molecule has 10 heteroatoms. The maximum absolute atomic E-state index is 13.2. The fourth-order valence-electron chi connectivity index (χ4n) is 3.57. The lowest BCUT2D eigenvalue weighted by atomic mass is 10.0. The number of amides is 1. The summed E-state index contributed by atoms with van der Waals surface area (Å²) < 4.78 is 6.98. The first-order valence-corrected chi connectivity index (χ1v) is 10.7. The van der Waals surface area contributed by atoms with Crippen molar-refractivity contribution in [2.75, 3.05) is 0 Å². The number of hydrogen-bond acceptors (Lipinski definition) is 7. The van der Waals surface area contributed by atoms with E-state index in [2.05, 4.69) is 15.4 Å². The number of aryl methyl sites for hydroxylation is 1. The van der Waals surface area contributed by atoms with Crippen LogP contribution >= 0.6 is 0 Å². The molecular formula is C23H27N5O5. The summed E-state index contributed by atoms with van der Waals surface area (Å²) in [6.07, 6.45) is 1.03. The molecule has 0 aliphatic heterocycles. The largest absolute Gasteiger partial charge is 0.463 e. The highest BCUT2D eigenvalue weighted by molar-refractivity contribution is 5.98. The summed E-state index contributed by atoms with van der Waals surface area (Å²) in [6, 6.07) is 6.83. The van der Waals surface area contributed by atoms with Crippen LogP contribution in [0.25, 0.3) is 11.0 Å². The first kappa shape index (κ1) is 23.8. The van der Waals surface area contributed by atoms with Gasteiger partial charge in [-0.2, -0.15) is 5.10 Å². The van der Waals surface area contributed by atoms with Crippen LogP contribution in [-0.4, -0.2) is 37.7 Å². The second-order valence-corrected chi connectivity index (χ2v) is 8.30. The molecule has 0 saturated carbocycles. The highest BCUT2D eigenvalue weighted by Crippen LogP contribution is 2.28. The molecule has 1 aromatic carbocycles. The normalized spacial score (nSPS) is 12.2. The van der Waals surface area contributed by atoms with Crippen LogP contribution in [0.15, 0.2) is 36.5 Å². The lowest BCUT2D eigenvalue weighted by Gasteiger charge is -2.20. The van der Waals surface area contributed by atoms with Crippen molar-refractivity contribution in [2.24, 2.45) is 0 Å². The van der Waals surface area contributed by atoms with E-state index in [0.717, 1.165) is 0 Å². The van der Waals surface area contributed by atoms with E-state index in [1.165, 1.54) is 18.2 Å². The van der Waals surface area contributed by atoms with E-state index in [0.29, 0.717) is 22.3 Å². The standard InChI is InChI=1S/C23H27N5O5/c1-13(2)27-22-16(12-24-27)10-18(15(5)25-22)23(30)26-19(11-21(29)33-14(3)4)17-8-6-7-9-20(17)28(31)32/h6-10,12-14,19H,11H2,1-5H3,(H,26,30). The highest BCUT2D eigenvalue weighted by Gasteiger charge is 2.28. The summed E-state index contributed by atoms with van der Waals surface area (Å²) in [5.41, 5.74) is 1.47. The number of nitrogens with one attached hydrogen (secondary N) is 1. The molecule has 0 spiro atoms. The topological polar surface area (TPSA) is 129 Å². The number of rotatable bonds is 8. The number of aromatic nitrogens is 3. The van der Waals surface area contributed by atoms with Crippen LogP contribution in [0.2, 0.25) is 0 Å². The van der Waals surface area contributed by atoms with Crippen LogP contribution in [0.4, 0.5) is 5.69 Å². The number of esters is 1. The van der Waals surface area contributed by atoms with E-state index < -0.39 is 22.8 Å². The van der Waals surface area contributed by atoms with E-state index in [1.807, 2.05) is 13.8 Å². The van der Waals surface area contributed by atoms with Gasteiger partial charge in [-0.1, -0.05) is 18.2 Å². The monoisotopic (exact) mass is 453 g/mol. The molecule has 2 heterocycles. The molecule has 174 valence electrons. The summed E-state index contributed by atoms with van der Waals surface area (Å²) in [5.74, 6) is -1.07. The summed E-state index contributed by atoms with van der Waals surface area (Å²) in [5, 5.41) is 19.4.